The highest BCUT2D eigenvalue weighted by molar-refractivity contribution is 7.17. The summed E-state index contributed by atoms with van der Waals surface area (Å²) in [6.45, 7) is 2.20. The summed E-state index contributed by atoms with van der Waals surface area (Å²) >= 11 is 1.55. The van der Waals surface area contributed by atoms with Crippen LogP contribution in [-0.4, -0.2) is 11.8 Å². The summed E-state index contributed by atoms with van der Waals surface area (Å²) in [4.78, 5) is 24.9. The van der Waals surface area contributed by atoms with Crippen molar-refractivity contribution in [3.05, 3.63) is 16.0 Å². The average molecular weight is 292 g/mol. The maximum Gasteiger partial charge on any atom is 0.251 e. The van der Waals surface area contributed by atoms with Gasteiger partial charge in [0.05, 0.1) is 5.56 Å². The lowest BCUT2D eigenvalue weighted by atomic mass is 9.85. The molecule has 0 aromatic carbocycles. The number of carbonyl (C=O) groups excluding carboxylic acids is 2. The largest absolute Gasteiger partial charge is 0.365 e. The molecule has 1 saturated carbocycles. The van der Waals surface area contributed by atoms with Gasteiger partial charge in [-0.25, -0.2) is 0 Å². The first kappa shape index (κ1) is 13.6. The fraction of sp³-hybridized carbons (Fsp3) is 0.600. The number of amides is 2. The van der Waals surface area contributed by atoms with Gasteiger partial charge in [-0.3, -0.25) is 9.59 Å². The Labute approximate surface area is 122 Å². The summed E-state index contributed by atoms with van der Waals surface area (Å²) in [6.07, 6.45) is 6.10. The molecule has 0 saturated heterocycles. The molecule has 1 aromatic rings. The van der Waals surface area contributed by atoms with Crippen molar-refractivity contribution in [3.8, 4) is 0 Å². The topological polar surface area (TPSA) is 72.2 Å². The van der Waals surface area contributed by atoms with Crippen LogP contribution in [0.1, 0.15) is 53.4 Å². The number of primary amides is 1. The van der Waals surface area contributed by atoms with Gasteiger partial charge in [-0.1, -0.05) is 13.3 Å². The zero-order valence-corrected chi connectivity index (χ0v) is 12.5. The van der Waals surface area contributed by atoms with Crippen molar-refractivity contribution < 1.29 is 9.59 Å². The lowest BCUT2D eigenvalue weighted by Crippen LogP contribution is -2.20. The van der Waals surface area contributed by atoms with Gasteiger partial charge in [0.25, 0.3) is 5.91 Å². The van der Waals surface area contributed by atoms with Gasteiger partial charge in [-0.2, -0.15) is 0 Å². The number of nitrogens with two attached hydrogens (primary N) is 1. The number of hydrogen-bond acceptors (Lipinski definition) is 3. The van der Waals surface area contributed by atoms with Crippen molar-refractivity contribution in [3.63, 3.8) is 0 Å². The van der Waals surface area contributed by atoms with Crippen LogP contribution in [0.2, 0.25) is 0 Å². The third kappa shape index (κ3) is 2.46. The van der Waals surface area contributed by atoms with Crippen molar-refractivity contribution in [2.24, 2.45) is 17.6 Å². The van der Waals surface area contributed by atoms with Gasteiger partial charge in [0.1, 0.15) is 5.00 Å². The summed E-state index contributed by atoms with van der Waals surface area (Å²) in [5.74, 6) is 0.453. The average Bonchev–Trinajstić information content (AvgIpc) is 3.19. The number of nitrogens with one attached hydrogen (secondary N) is 1. The summed E-state index contributed by atoms with van der Waals surface area (Å²) in [5.41, 5.74) is 7.18. The van der Waals surface area contributed by atoms with Crippen molar-refractivity contribution in [1.29, 1.82) is 0 Å². The van der Waals surface area contributed by atoms with E-state index < -0.39 is 5.91 Å². The quantitative estimate of drug-likeness (QED) is 0.895. The van der Waals surface area contributed by atoms with E-state index in [-0.39, 0.29) is 11.8 Å². The number of hydrogen-bond donors (Lipinski definition) is 2. The molecule has 1 heterocycles. The van der Waals surface area contributed by atoms with Gasteiger partial charge >= 0.3 is 0 Å². The van der Waals surface area contributed by atoms with E-state index in [4.69, 9.17) is 5.73 Å². The Balaban J connectivity index is 1.91. The fourth-order valence-corrected chi connectivity index (χ4v) is 4.28. The van der Waals surface area contributed by atoms with Crippen LogP contribution in [0, 0.1) is 11.8 Å². The normalized spacial score (nSPS) is 21.4. The second kappa shape index (κ2) is 5.20. The summed E-state index contributed by atoms with van der Waals surface area (Å²) < 4.78 is 0. The van der Waals surface area contributed by atoms with E-state index in [1.807, 2.05) is 0 Å². The molecule has 3 N–H and O–H groups in total. The Morgan fingerprint density at radius 1 is 1.35 bits per heavy atom. The van der Waals surface area contributed by atoms with Crippen molar-refractivity contribution in [2.45, 2.75) is 45.4 Å². The lowest BCUT2D eigenvalue weighted by molar-refractivity contribution is -0.117. The molecule has 0 aliphatic heterocycles. The number of thiophene rings is 1. The van der Waals surface area contributed by atoms with Crippen molar-refractivity contribution in [1.82, 2.24) is 0 Å². The Morgan fingerprint density at radius 2 is 2.10 bits per heavy atom. The molecule has 1 aromatic heterocycles. The van der Waals surface area contributed by atoms with E-state index in [0.29, 0.717) is 16.5 Å². The lowest BCUT2D eigenvalue weighted by Gasteiger charge is -2.20. The summed E-state index contributed by atoms with van der Waals surface area (Å²) in [7, 11) is 0. The molecule has 0 spiro atoms. The molecule has 5 heteroatoms. The SMILES string of the molecule is CC[C@@H]1CCc2c(sc(NC(=O)C3CC3)c2C(N)=O)C1. The van der Waals surface area contributed by atoms with Crippen LogP contribution >= 0.6 is 11.3 Å². The molecule has 2 amide bonds. The minimum atomic E-state index is -0.413. The second-order valence-corrected chi connectivity index (χ2v) is 6.96. The van der Waals surface area contributed by atoms with Crippen molar-refractivity contribution in [2.75, 3.05) is 5.32 Å². The minimum absolute atomic E-state index is 0.0399. The van der Waals surface area contributed by atoms with Crippen LogP contribution in [0.5, 0.6) is 0 Å². The highest BCUT2D eigenvalue weighted by Crippen LogP contribution is 2.41. The molecule has 1 fully saturated rings. The smallest absolute Gasteiger partial charge is 0.251 e. The molecular formula is C15H20N2O2S. The molecule has 3 rings (SSSR count). The Morgan fingerprint density at radius 3 is 2.70 bits per heavy atom. The van der Waals surface area contributed by atoms with Crippen LogP contribution in [0.3, 0.4) is 0 Å². The molecule has 20 heavy (non-hydrogen) atoms. The Kier molecular flexibility index (Phi) is 3.54. The first-order valence-corrected chi connectivity index (χ1v) is 8.17. The van der Waals surface area contributed by atoms with Gasteiger partial charge in [0.15, 0.2) is 0 Å². The van der Waals surface area contributed by atoms with Crippen LogP contribution in [-0.2, 0) is 17.6 Å². The molecule has 0 unspecified atom stereocenters. The van der Waals surface area contributed by atoms with E-state index in [2.05, 4.69) is 12.2 Å². The Hall–Kier alpha value is -1.36. The standard InChI is InChI=1S/C15H20N2O2S/c1-2-8-3-6-10-11(7-8)20-15(12(10)13(16)18)17-14(19)9-4-5-9/h8-9H,2-7H2,1H3,(H2,16,18)(H,17,19)/t8-/m1/s1. The molecule has 108 valence electrons. The number of carbonyl (C=O) groups is 2. The molecule has 2 aliphatic rings. The van der Waals surface area contributed by atoms with Crippen LogP contribution in [0.4, 0.5) is 5.00 Å². The number of rotatable bonds is 4. The molecular weight excluding hydrogens is 272 g/mol. The third-order valence-corrected chi connectivity index (χ3v) is 5.55. The van der Waals surface area contributed by atoms with Crippen LogP contribution < -0.4 is 11.1 Å². The van der Waals surface area contributed by atoms with E-state index in [1.54, 1.807) is 11.3 Å². The number of fused-ring (bicyclic) bond motifs is 1. The van der Waals surface area contributed by atoms with E-state index >= 15 is 0 Å². The van der Waals surface area contributed by atoms with Gasteiger partial charge in [-0.15, -0.1) is 11.3 Å². The van der Waals surface area contributed by atoms with E-state index in [9.17, 15) is 9.59 Å². The fourth-order valence-electron chi connectivity index (χ4n) is 2.91. The predicted octanol–water partition coefficient (Wildman–Crippen LogP) is 2.71. The van der Waals surface area contributed by atoms with E-state index in [0.717, 1.165) is 44.1 Å². The van der Waals surface area contributed by atoms with Gasteiger partial charge in [0, 0.05) is 10.8 Å². The van der Waals surface area contributed by atoms with Crippen LogP contribution in [0.15, 0.2) is 0 Å². The predicted molar refractivity (Wildman–Crippen MR) is 80.0 cm³/mol. The van der Waals surface area contributed by atoms with Gasteiger partial charge < -0.3 is 11.1 Å². The first-order chi connectivity index (χ1) is 9.60. The molecule has 0 radical (unpaired) electrons. The molecule has 4 nitrogen and oxygen atoms in total. The molecule has 2 aliphatic carbocycles. The monoisotopic (exact) mass is 292 g/mol. The third-order valence-electron chi connectivity index (χ3n) is 4.38. The first-order valence-electron chi connectivity index (χ1n) is 7.35. The highest BCUT2D eigenvalue weighted by Gasteiger charge is 2.33. The maximum atomic E-state index is 11.9. The van der Waals surface area contributed by atoms with Gasteiger partial charge in [-0.05, 0) is 43.6 Å². The summed E-state index contributed by atoms with van der Waals surface area (Å²) in [5, 5.41) is 3.60. The highest BCUT2D eigenvalue weighted by atomic mass is 32.1. The summed E-state index contributed by atoms with van der Waals surface area (Å²) in [6, 6.07) is 0. The van der Waals surface area contributed by atoms with Gasteiger partial charge in [0.2, 0.25) is 5.91 Å². The zero-order chi connectivity index (χ0) is 14.3. The Bertz CT molecular complexity index is 560. The zero-order valence-electron chi connectivity index (χ0n) is 11.7. The maximum absolute atomic E-state index is 11.9. The molecule has 1 atom stereocenters. The second-order valence-electron chi connectivity index (χ2n) is 5.85. The minimum Gasteiger partial charge on any atom is -0.365 e. The molecule has 0 bridgehead atoms. The number of anilines is 1. The van der Waals surface area contributed by atoms with Crippen LogP contribution in [0.25, 0.3) is 0 Å². The van der Waals surface area contributed by atoms with E-state index in [1.165, 1.54) is 4.88 Å². The van der Waals surface area contributed by atoms with Crippen molar-refractivity contribution >= 4 is 28.2 Å².